The van der Waals surface area contributed by atoms with Crippen molar-refractivity contribution < 1.29 is 14.4 Å². The average Bonchev–Trinajstić information content (AvgIpc) is 2.95. The van der Waals surface area contributed by atoms with Gasteiger partial charge in [-0.15, -0.1) is 0 Å². The Bertz CT molecular complexity index is 712. The molecular formula is C19H26N4O3. The number of hydrogen-bond acceptors (Lipinski definition) is 6. The van der Waals surface area contributed by atoms with Crippen LogP contribution >= 0.6 is 0 Å². The molecule has 2 atom stereocenters. The number of amides is 1. The number of hydrogen-bond donors (Lipinski definition) is 2. The monoisotopic (exact) mass is 358 g/mol. The first kappa shape index (κ1) is 18.5. The highest BCUT2D eigenvalue weighted by Gasteiger charge is 2.29. The summed E-state index contributed by atoms with van der Waals surface area (Å²) in [4.78, 5) is 18.6. The van der Waals surface area contributed by atoms with Crippen LogP contribution in [0.1, 0.15) is 35.6 Å². The van der Waals surface area contributed by atoms with Gasteiger partial charge < -0.3 is 14.9 Å². The van der Waals surface area contributed by atoms with Gasteiger partial charge in [0.25, 0.3) is 0 Å². The number of pyridine rings is 1. The van der Waals surface area contributed by atoms with Crippen molar-refractivity contribution in [3.05, 3.63) is 47.1 Å². The molecule has 0 unspecified atom stereocenters. The van der Waals surface area contributed by atoms with Crippen LogP contribution in [0.25, 0.3) is 0 Å². The number of nitrogens with zero attached hydrogens (tertiary/aromatic N) is 3. The van der Waals surface area contributed by atoms with Crippen molar-refractivity contribution in [1.29, 1.82) is 0 Å². The second-order valence-electron chi connectivity index (χ2n) is 6.89. The smallest absolute Gasteiger partial charge is 0.220 e. The van der Waals surface area contributed by atoms with Gasteiger partial charge in [-0.05, 0) is 38.8 Å². The molecule has 0 aromatic carbocycles. The minimum absolute atomic E-state index is 0.0427. The van der Waals surface area contributed by atoms with Crippen LogP contribution in [0.2, 0.25) is 0 Å². The third-order valence-corrected chi connectivity index (χ3v) is 4.91. The topological polar surface area (TPSA) is 91.5 Å². The fraction of sp³-hybridized carbons (Fsp3) is 0.526. The van der Waals surface area contributed by atoms with E-state index < -0.39 is 6.10 Å². The minimum Gasteiger partial charge on any atom is -0.390 e. The molecule has 0 spiro atoms. The van der Waals surface area contributed by atoms with Crippen molar-refractivity contribution in [2.75, 3.05) is 13.1 Å². The maximum absolute atomic E-state index is 12.2. The van der Waals surface area contributed by atoms with E-state index in [0.717, 1.165) is 35.7 Å². The van der Waals surface area contributed by atoms with Crippen molar-refractivity contribution in [3.8, 4) is 0 Å². The molecule has 0 bridgehead atoms. The van der Waals surface area contributed by atoms with Gasteiger partial charge in [-0.1, -0.05) is 11.2 Å². The van der Waals surface area contributed by atoms with Crippen molar-refractivity contribution >= 4 is 5.91 Å². The average molecular weight is 358 g/mol. The maximum atomic E-state index is 12.2. The summed E-state index contributed by atoms with van der Waals surface area (Å²) in [6.07, 6.45) is 2.85. The molecule has 140 valence electrons. The lowest BCUT2D eigenvalue weighted by atomic mass is 10.0. The Labute approximate surface area is 153 Å². The van der Waals surface area contributed by atoms with E-state index in [2.05, 4.69) is 20.4 Å². The Kier molecular flexibility index (Phi) is 6.00. The summed E-state index contributed by atoms with van der Waals surface area (Å²) in [5, 5.41) is 17.4. The summed E-state index contributed by atoms with van der Waals surface area (Å²) in [6, 6.07) is 5.48. The van der Waals surface area contributed by atoms with Crippen molar-refractivity contribution in [1.82, 2.24) is 20.4 Å². The molecule has 2 aromatic heterocycles. The van der Waals surface area contributed by atoms with E-state index in [-0.39, 0.29) is 11.9 Å². The second kappa shape index (κ2) is 8.42. The molecule has 3 heterocycles. The number of nitrogens with one attached hydrogen (secondary N) is 1. The number of aliphatic hydroxyl groups is 1. The molecule has 0 radical (unpaired) electrons. The SMILES string of the molecule is Cc1noc(C)c1CN1CC[C@@H](NC(=O)CCc2ccccn2)[C@H](O)C1. The summed E-state index contributed by atoms with van der Waals surface area (Å²) in [5.74, 6) is 0.779. The van der Waals surface area contributed by atoms with Gasteiger partial charge in [-0.3, -0.25) is 14.7 Å². The van der Waals surface area contributed by atoms with Crippen LogP contribution in [0.3, 0.4) is 0 Å². The molecule has 1 aliphatic rings. The van der Waals surface area contributed by atoms with Gasteiger partial charge >= 0.3 is 0 Å². The number of piperidine rings is 1. The highest BCUT2D eigenvalue weighted by molar-refractivity contribution is 5.76. The molecule has 26 heavy (non-hydrogen) atoms. The van der Waals surface area contributed by atoms with Crippen LogP contribution in [0, 0.1) is 13.8 Å². The molecule has 7 heteroatoms. The molecular weight excluding hydrogens is 332 g/mol. The Hall–Kier alpha value is -2.25. The van der Waals surface area contributed by atoms with E-state index in [4.69, 9.17) is 4.52 Å². The summed E-state index contributed by atoms with van der Waals surface area (Å²) >= 11 is 0. The van der Waals surface area contributed by atoms with Crippen molar-refractivity contribution in [2.45, 2.75) is 51.8 Å². The molecule has 2 aromatic rings. The van der Waals surface area contributed by atoms with Crippen LogP contribution in [-0.4, -0.2) is 51.3 Å². The molecule has 3 rings (SSSR count). The zero-order valence-electron chi connectivity index (χ0n) is 15.3. The van der Waals surface area contributed by atoms with Gasteiger partial charge in [0.15, 0.2) is 0 Å². The molecule has 1 amide bonds. The van der Waals surface area contributed by atoms with Crippen LogP contribution in [-0.2, 0) is 17.8 Å². The van der Waals surface area contributed by atoms with E-state index in [1.807, 2.05) is 32.0 Å². The highest BCUT2D eigenvalue weighted by atomic mass is 16.5. The van der Waals surface area contributed by atoms with Gasteiger partial charge in [0.2, 0.25) is 5.91 Å². The van der Waals surface area contributed by atoms with E-state index >= 15 is 0 Å². The Morgan fingerprint density at radius 3 is 2.92 bits per heavy atom. The van der Waals surface area contributed by atoms with Crippen LogP contribution < -0.4 is 5.32 Å². The predicted molar refractivity (Wildman–Crippen MR) is 96.4 cm³/mol. The molecule has 1 fully saturated rings. The van der Waals surface area contributed by atoms with Gasteiger partial charge in [0.1, 0.15) is 5.76 Å². The molecule has 7 nitrogen and oxygen atoms in total. The van der Waals surface area contributed by atoms with Crippen molar-refractivity contribution in [3.63, 3.8) is 0 Å². The summed E-state index contributed by atoms with van der Waals surface area (Å²) in [5.41, 5.74) is 2.87. The Balaban J connectivity index is 1.45. The predicted octanol–water partition coefficient (Wildman–Crippen LogP) is 1.37. The Morgan fingerprint density at radius 2 is 2.27 bits per heavy atom. The third-order valence-electron chi connectivity index (χ3n) is 4.91. The number of aromatic nitrogens is 2. The largest absolute Gasteiger partial charge is 0.390 e. The zero-order valence-corrected chi connectivity index (χ0v) is 15.3. The number of rotatable bonds is 6. The van der Waals surface area contributed by atoms with Crippen LogP contribution in [0.15, 0.2) is 28.9 Å². The number of likely N-dealkylation sites (tertiary alicyclic amines) is 1. The van der Waals surface area contributed by atoms with E-state index in [0.29, 0.717) is 25.9 Å². The number of β-amino-alcohol motifs (C(OH)–C–C–N with tert-alkyl or cyclic N) is 1. The standard InChI is InChI=1S/C19H26N4O3/c1-13-16(14(2)26-22-13)11-23-10-8-17(18(24)12-23)21-19(25)7-6-15-5-3-4-9-20-15/h3-5,9,17-18,24H,6-8,10-12H2,1-2H3,(H,21,25)/t17-,18-/m1/s1. The molecule has 0 aliphatic carbocycles. The Morgan fingerprint density at radius 1 is 1.42 bits per heavy atom. The van der Waals surface area contributed by atoms with Crippen LogP contribution in [0.5, 0.6) is 0 Å². The molecule has 2 N–H and O–H groups in total. The van der Waals surface area contributed by atoms with Crippen molar-refractivity contribution in [2.24, 2.45) is 0 Å². The third kappa shape index (κ3) is 4.68. The normalized spacial score (nSPS) is 20.9. The second-order valence-corrected chi connectivity index (χ2v) is 6.89. The first-order valence-corrected chi connectivity index (χ1v) is 9.04. The fourth-order valence-electron chi connectivity index (χ4n) is 3.33. The minimum atomic E-state index is -0.581. The first-order chi connectivity index (χ1) is 12.5. The number of aliphatic hydroxyl groups excluding tert-OH is 1. The number of carbonyl (C=O) groups excluding carboxylic acids is 1. The lowest BCUT2D eigenvalue weighted by Crippen LogP contribution is -2.53. The van der Waals surface area contributed by atoms with E-state index in [9.17, 15) is 9.90 Å². The fourth-order valence-corrected chi connectivity index (χ4v) is 3.33. The zero-order chi connectivity index (χ0) is 18.5. The number of aryl methyl sites for hydroxylation is 3. The van der Waals surface area contributed by atoms with Gasteiger partial charge in [-0.2, -0.15) is 0 Å². The lowest BCUT2D eigenvalue weighted by Gasteiger charge is -2.36. The summed E-state index contributed by atoms with van der Waals surface area (Å²) in [7, 11) is 0. The summed E-state index contributed by atoms with van der Waals surface area (Å²) < 4.78 is 5.20. The molecule has 0 saturated carbocycles. The maximum Gasteiger partial charge on any atom is 0.220 e. The van der Waals surface area contributed by atoms with Crippen LogP contribution in [0.4, 0.5) is 0 Å². The van der Waals surface area contributed by atoms with Gasteiger partial charge in [-0.25, -0.2) is 0 Å². The molecule has 1 saturated heterocycles. The van der Waals surface area contributed by atoms with Gasteiger partial charge in [0, 0.05) is 43.5 Å². The molecule has 1 aliphatic heterocycles. The summed E-state index contributed by atoms with van der Waals surface area (Å²) in [6.45, 7) is 5.87. The number of carbonyl (C=O) groups is 1. The highest BCUT2D eigenvalue weighted by Crippen LogP contribution is 2.19. The lowest BCUT2D eigenvalue weighted by molar-refractivity contribution is -0.123. The van der Waals surface area contributed by atoms with Gasteiger partial charge in [0.05, 0.1) is 17.8 Å². The van der Waals surface area contributed by atoms with E-state index in [1.165, 1.54) is 0 Å². The van der Waals surface area contributed by atoms with E-state index in [1.54, 1.807) is 6.20 Å². The first-order valence-electron chi connectivity index (χ1n) is 9.04. The quantitative estimate of drug-likeness (QED) is 0.810.